The molecule has 7 nitrogen and oxygen atoms in total. The SMILES string of the molecule is COCC(=O)N1CC(N(Cc2ccccc2C)CC(C)C)CC1C(=O)NCCN. The molecule has 0 saturated carbocycles. The third-order valence-electron chi connectivity index (χ3n) is 5.36. The second kappa shape index (κ2) is 11.3. The quantitative estimate of drug-likeness (QED) is 0.611. The first-order chi connectivity index (χ1) is 13.9. The number of hydrogen-bond donors (Lipinski definition) is 2. The Morgan fingerprint density at radius 3 is 2.69 bits per heavy atom. The first kappa shape index (κ1) is 23.3. The van der Waals surface area contributed by atoms with E-state index in [4.69, 9.17) is 10.5 Å². The summed E-state index contributed by atoms with van der Waals surface area (Å²) in [6.45, 7) is 9.51. The zero-order chi connectivity index (χ0) is 21.4. The fourth-order valence-electron chi connectivity index (χ4n) is 3.94. The van der Waals surface area contributed by atoms with Crippen LogP contribution in [0.15, 0.2) is 24.3 Å². The molecule has 2 unspecified atom stereocenters. The number of nitrogens with zero attached hydrogens (tertiary/aromatic N) is 2. The average molecular weight is 405 g/mol. The smallest absolute Gasteiger partial charge is 0.249 e. The predicted octanol–water partition coefficient (Wildman–Crippen LogP) is 1.14. The van der Waals surface area contributed by atoms with Crippen LogP contribution in [0.5, 0.6) is 0 Å². The first-order valence-electron chi connectivity index (χ1n) is 10.4. The maximum Gasteiger partial charge on any atom is 0.249 e. The van der Waals surface area contributed by atoms with Crippen molar-refractivity contribution >= 4 is 11.8 Å². The van der Waals surface area contributed by atoms with Gasteiger partial charge in [-0.1, -0.05) is 38.1 Å². The van der Waals surface area contributed by atoms with Crippen molar-refractivity contribution in [3.05, 3.63) is 35.4 Å². The van der Waals surface area contributed by atoms with Crippen LogP contribution in [0.4, 0.5) is 0 Å². The summed E-state index contributed by atoms with van der Waals surface area (Å²) in [7, 11) is 1.50. The molecule has 0 aromatic heterocycles. The molecule has 1 saturated heterocycles. The number of nitrogens with two attached hydrogens (primary N) is 1. The van der Waals surface area contributed by atoms with Crippen LogP contribution in [0.3, 0.4) is 0 Å². The highest BCUT2D eigenvalue weighted by atomic mass is 16.5. The minimum absolute atomic E-state index is 0.0185. The molecule has 0 bridgehead atoms. The highest BCUT2D eigenvalue weighted by molar-refractivity contribution is 5.88. The maximum absolute atomic E-state index is 12.7. The molecule has 1 heterocycles. The normalized spacial score (nSPS) is 19.2. The Hall–Kier alpha value is -1.96. The van der Waals surface area contributed by atoms with Crippen LogP contribution in [-0.4, -0.2) is 73.6 Å². The van der Waals surface area contributed by atoms with Gasteiger partial charge in [-0.3, -0.25) is 14.5 Å². The van der Waals surface area contributed by atoms with Gasteiger partial charge in [0, 0.05) is 45.9 Å². The maximum atomic E-state index is 12.7. The van der Waals surface area contributed by atoms with Gasteiger partial charge >= 0.3 is 0 Å². The number of rotatable bonds is 10. The number of methoxy groups -OCH3 is 1. The van der Waals surface area contributed by atoms with Crippen molar-refractivity contribution in [1.82, 2.24) is 15.1 Å². The summed E-state index contributed by atoms with van der Waals surface area (Å²) in [5.74, 6) is 0.193. The number of benzene rings is 1. The van der Waals surface area contributed by atoms with Crippen molar-refractivity contribution in [2.24, 2.45) is 11.7 Å². The molecule has 2 rings (SSSR count). The molecule has 2 amide bonds. The van der Waals surface area contributed by atoms with Gasteiger partial charge in [0.1, 0.15) is 12.6 Å². The minimum Gasteiger partial charge on any atom is -0.375 e. The van der Waals surface area contributed by atoms with Crippen molar-refractivity contribution in [3.63, 3.8) is 0 Å². The van der Waals surface area contributed by atoms with E-state index >= 15 is 0 Å². The van der Waals surface area contributed by atoms with Gasteiger partial charge in [0.2, 0.25) is 11.8 Å². The fourth-order valence-corrected chi connectivity index (χ4v) is 3.94. The fraction of sp³-hybridized carbons (Fsp3) is 0.636. The molecule has 0 radical (unpaired) electrons. The van der Waals surface area contributed by atoms with E-state index in [9.17, 15) is 9.59 Å². The van der Waals surface area contributed by atoms with Crippen molar-refractivity contribution in [1.29, 1.82) is 0 Å². The molecule has 1 aromatic rings. The lowest BCUT2D eigenvalue weighted by Crippen LogP contribution is -2.48. The number of ether oxygens (including phenoxy) is 1. The van der Waals surface area contributed by atoms with Gasteiger partial charge in [0.15, 0.2) is 0 Å². The lowest BCUT2D eigenvalue weighted by atomic mass is 10.0. The summed E-state index contributed by atoms with van der Waals surface area (Å²) in [5, 5.41) is 2.84. The summed E-state index contributed by atoms with van der Waals surface area (Å²) >= 11 is 0. The van der Waals surface area contributed by atoms with E-state index in [1.807, 2.05) is 6.07 Å². The number of amides is 2. The van der Waals surface area contributed by atoms with E-state index in [0.29, 0.717) is 32.0 Å². The number of carbonyl (C=O) groups excluding carboxylic acids is 2. The molecular weight excluding hydrogens is 368 g/mol. The number of aryl methyl sites for hydroxylation is 1. The van der Waals surface area contributed by atoms with Crippen molar-refractivity contribution in [2.75, 3.05) is 39.9 Å². The summed E-state index contributed by atoms with van der Waals surface area (Å²) < 4.78 is 5.04. The highest BCUT2D eigenvalue weighted by Crippen LogP contribution is 2.26. The van der Waals surface area contributed by atoms with Gasteiger partial charge in [-0.25, -0.2) is 0 Å². The molecule has 1 aromatic carbocycles. The lowest BCUT2D eigenvalue weighted by Gasteiger charge is -2.31. The Kier molecular flexibility index (Phi) is 9.07. The predicted molar refractivity (Wildman–Crippen MR) is 114 cm³/mol. The van der Waals surface area contributed by atoms with E-state index in [0.717, 1.165) is 13.1 Å². The molecular formula is C22H36N4O3. The van der Waals surface area contributed by atoms with Gasteiger partial charge in [-0.05, 0) is 30.4 Å². The Bertz CT molecular complexity index is 680. The van der Waals surface area contributed by atoms with Gasteiger partial charge in [-0.2, -0.15) is 0 Å². The summed E-state index contributed by atoms with van der Waals surface area (Å²) in [6.07, 6.45) is 0.616. The molecule has 1 aliphatic rings. The molecule has 1 aliphatic heterocycles. The first-order valence-corrected chi connectivity index (χ1v) is 10.4. The van der Waals surface area contributed by atoms with Crippen LogP contribution in [0.2, 0.25) is 0 Å². The molecule has 29 heavy (non-hydrogen) atoms. The number of nitrogens with one attached hydrogen (secondary N) is 1. The number of likely N-dealkylation sites (tertiary alicyclic amines) is 1. The van der Waals surface area contributed by atoms with Crippen LogP contribution in [-0.2, 0) is 20.9 Å². The summed E-state index contributed by atoms with van der Waals surface area (Å²) in [5.41, 5.74) is 8.05. The number of carbonyl (C=O) groups is 2. The third-order valence-corrected chi connectivity index (χ3v) is 5.36. The second-order valence-corrected chi connectivity index (χ2v) is 8.21. The molecule has 1 fully saturated rings. The zero-order valence-electron chi connectivity index (χ0n) is 18.2. The minimum atomic E-state index is -0.485. The Morgan fingerprint density at radius 1 is 1.34 bits per heavy atom. The molecule has 7 heteroatoms. The van der Waals surface area contributed by atoms with E-state index in [-0.39, 0.29) is 24.5 Å². The van der Waals surface area contributed by atoms with Crippen molar-refractivity contribution in [2.45, 2.75) is 45.8 Å². The second-order valence-electron chi connectivity index (χ2n) is 8.21. The van der Waals surface area contributed by atoms with Crippen LogP contribution >= 0.6 is 0 Å². The topological polar surface area (TPSA) is 87.9 Å². The monoisotopic (exact) mass is 404 g/mol. The van der Waals surface area contributed by atoms with Crippen LogP contribution in [0, 0.1) is 12.8 Å². The van der Waals surface area contributed by atoms with Crippen LogP contribution < -0.4 is 11.1 Å². The lowest BCUT2D eigenvalue weighted by molar-refractivity contribution is -0.141. The van der Waals surface area contributed by atoms with Gasteiger partial charge in [0.25, 0.3) is 0 Å². The van der Waals surface area contributed by atoms with Crippen LogP contribution in [0.25, 0.3) is 0 Å². The van der Waals surface area contributed by atoms with Crippen molar-refractivity contribution in [3.8, 4) is 0 Å². The van der Waals surface area contributed by atoms with E-state index in [2.05, 4.69) is 49.2 Å². The number of hydrogen-bond acceptors (Lipinski definition) is 5. The Labute approximate surface area is 174 Å². The van der Waals surface area contributed by atoms with Crippen LogP contribution in [0.1, 0.15) is 31.4 Å². The zero-order valence-corrected chi connectivity index (χ0v) is 18.2. The van der Waals surface area contributed by atoms with E-state index in [1.165, 1.54) is 18.2 Å². The van der Waals surface area contributed by atoms with E-state index in [1.54, 1.807) is 4.90 Å². The van der Waals surface area contributed by atoms with Gasteiger partial charge < -0.3 is 20.7 Å². The van der Waals surface area contributed by atoms with Gasteiger partial charge in [0.05, 0.1) is 0 Å². The molecule has 162 valence electrons. The average Bonchev–Trinajstić information content (AvgIpc) is 3.13. The van der Waals surface area contributed by atoms with Crippen molar-refractivity contribution < 1.29 is 14.3 Å². The molecule has 0 spiro atoms. The largest absolute Gasteiger partial charge is 0.375 e. The standard InChI is InChI=1S/C22H36N4O3/c1-16(2)12-25(13-18-8-6-5-7-17(18)3)19-11-20(22(28)24-10-9-23)26(14-19)21(27)15-29-4/h5-8,16,19-20H,9-15,23H2,1-4H3,(H,24,28). The molecule has 0 aliphatic carbocycles. The summed E-state index contributed by atoms with van der Waals surface area (Å²) in [6, 6.07) is 8.00. The van der Waals surface area contributed by atoms with E-state index < -0.39 is 6.04 Å². The third kappa shape index (κ3) is 6.52. The molecule has 3 N–H and O–H groups in total. The van der Waals surface area contributed by atoms with Gasteiger partial charge in [-0.15, -0.1) is 0 Å². The highest BCUT2D eigenvalue weighted by Gasteiger charge is 2.41. The molecule has 2 atom stereocenters. The summed E-state index contributed by atoms with van der Waals surface area (Å²) in [4.78, 5) is 29.4. The Morgan fingerprint density at radius 2 is 2.07 bits per heavy atom. The Balaban J connectivity index is 2.22.